The highest BCUT2D eigenvalue weighted by atomic mass is 16.5. The fourth-order valence-electron chi connectivity index (χ4n) is 1.75. The molecule has 2 rings (SSSR count). The van der Waals surface area contributed by atoms with Crippen molar-refractivity contribution in [3.63, 3.8) is 0 Å². The summed E-state index contributed by atoms with van der Waals surface area (Å²) in [4.78, 5) is 26.9. The first-order chi connectivity index (χ1) is 9.75. The Bertz CT molecular complexity index is 484. The molecule has 0 unspecified atom stereocenters. The second kappa shape index (κ2) is 7.34. The summed E-state index contributed by atoms with van der Waals surface area (Å²) in [7, 11) is 0. The number of hydrogen-bond acceptors (Lipinski definition) is 5. The van der Waals surface area contributed by atoms with E-state index in [1.165, 1.54) is 6.21 Å². The molecular formula is C13H16N4O3. The third-order valence-electron chi connectivity index (χ3n) is 2.77. The maximum absolute atomic E-state index is 11.5. The van der Waals surface area contributed by atoms with E-state index in [0.717, 1.165) is 12.8 Å². The van der Waals surface area contributed by atoms with Crippen molar-refractivity contribution in [1.82, 2.24) is 15.7 Å². The van der Waals surface area contributed by atoms with Crippen molar-refractivity contribution in [3.05, 3.63) is 30.1 Å². The lowest BCUT2D eigenvalue weighted by atomic mass is 10.2. The van der Waals surface area contributed by atoms with E-state index in [-0.39, 0.29) is 6.10 Å². The van der Waals surface area contributed by atoms with Gasteiger partial charge in [0.2, 0.25) is 0 Å². The molecule has 2 amide bonds. The van der Waals surface area contributed by atoms with Gasteiger partial charge in [-0.15, -0.1) is 0 Å². The Balaban J connectivity index is 1.71. The average Bonchev–Trinajstić information content (AvgIpc) is 2.99. The summed E-state index contributed by atoms with van der Waals surface area (Å²) in [6.07, 6.45) is 4.87. The van der Waals surface area contributed by atoms with Crippen molar-refractivity contribution in [2.75, 3.05) is 13.2 Å². The summed E-state index contributed by atoms with van der Waals surface area (Å²) in [6, 6.07) is 5.30. The Kier molecular flexibility index (Phi) is 5.19. The number of hydrogen-bond donors (Lipinski definition) is 2. The lowest BCUT2D eigenvalue weighted by Gasteiger charge is -2.09. The number of hydrazone groups is 1. The van der Waals surface area contributed by atoms with Crippen LogP contribution in [0.3, 0.4) is 0 Å². The van der Waals surface area contributed by atoms with E-state index in [1.54, 1.807) is 24.4 Å². The maximum Gasteiger partial charge on any atom is 0.329 e. The molecule has 2 N–H and O–H groups in total. The number of ether oxygens (including phenoxy) is 1. The van der Waals surface area contributed by atoms with Crippen LogP contribution in [0.15, 0.2) is 29.5 Å². The summed E-state index contributed by atoms with van der Waals surface area (Å²) < 4.78 is 5.34. The van der Waals surface area contributed by atoms with Crippen molar-refractivity contribution < 1.29 is 14.3 Å². The fourth-order valence-corrected chi connectivity index (χ4v) is 1.75. The molecule has 20 heavy (non-hydrogen) atoms. The minimum absolute atomic E-state index is 0.00349. The predicted octanol–water partition coefficient (Wildman–Crippen LogP) is -0.173. The van der Waals surface area contributed by atoms with E-state index >= 15 is 0 Å². The molecule has 106 valence electrons. The third-order valence-corrected chi connectivity index (χ3v) is 2.77. The van der Waals surface area contributed by atoms with Gasteiger partial charge in [0.05, 0.1) is 18.0 Å². The van der Waals surface area contributed by atoms with Gasteiger partial charge in [0.15, 0.2) is 0 Å². The molecule has 2 heterocycles. The van der Waals surface area contributed by atoms with Crippen LogP contribution in [0, 0.1) is 0 Å². The molecule has 0 saturated carbocycles. The lowest BCUT2D eigenvalue weighted by molar-refractivity contribution is -0.139. The highest BCUT2D eigenvalue weighted by molar-refractivity contribution is 6.35. The Hall–Kier alpha value is -2.28. The largest absolute Gasteiger partial charge is 0.376 e. The minimum atomic E-state index is -0.810. The second-order valence-corrected chi connectivity index (χ2v) is 4.30. The van der Waals surface area contributed by atoms with Crippen molar-refractivity contribution in [3.8, 4) is 0 Å². The zero-order valence-electron chi connectivity index (χ0n) is 10.9. The Labute approximate surface area is 116 Å². The Morgan fingerprint density at radius 1 is 1.45 bits per heavy atom. The number of nitrogens with zero attached hydrogens (tertiary/aromatic N) is 2. The highest BCUT2D eigenvalue weighted by Crippen LogP contribution is 2.10. The quantitative estimate of drug-likeness (QED) is 0.453. The molecule has 1 aliphatic heterocycles. The first-order valence-corrected chi connectivity index (χ1v) is 6.39. The van der Waals surface area contributed by atoms with Crippen LogP contribution in [0.1, 0.15) is 18.5 Å². The van der Waals surface area contributed by atoms with Crippen LogP contribution >= 0.6 is 0 Å². The smallest absolute Gasteiger partial charge is 0.329 e. The number of aromatic nitrogens is 1. The van der Waals surface area contributed by atoms with Crippen LogP contribution in [-0.2, 0) is 14.3 Å². The topological polar surface area (TPSA) is 92.7 Å². The fraction of sp³-hybridized carbons (Fsp3) is 0.385. The van der Waals surface area contributed by atoms with Gasteiger partial charge in [-0.3, -0.25) is 14.6 Å². The highest BCUT2D eigenvalue weighted by Gasteiger charge is 2.18. The van der Waals surface area contributed by atoms with Crippen molar-refractivity contribution in [2.45, 2.75) is 18.9 Å². The van der Waals surface area contributed by atoms with Crippen LogP contribution in [-0.4, -0.2) is 42.3 Å². The Morgan fingerprint density at radius 2 is 2.35 bits per heavy atom. The van der Waals surface area contributed by atoms with Crippen LogP contribution in [0.2, 0.25) is 0 Å². The summed E-state index contributed by atoms with van der Waals surface area (Å²) in [5, 5.41) is 6.17. The molecule has 7 heteroatoms. The van der Waals surface area contributed by atoms with Gasteiger partial charge in [-0.25, -0.2) is 5.43 Å². The van der Waals surface area contributed by atoms with Crippen molar-refractivity contribution in [1.29, 1.82) is 0 Å². The standard InChI is InChI=1S/C13H16N4O3/c18-12(15-9-11-5-3-7-20-11)13(19)17-16-8-10-4-1-2-6-14-10/h1-2,4,6,8,11H,3,5,7,9H2,(H,15,18)(H,17,19)/b16-8-/t11-/m0/s1. The molecule has 0 aliphatic carbocycles. The van der Waals surface area contributed by atoms with Gasteiger partial charge in [0, 0.05) is 19.3 Å². The summed E-state index contributed by atoms with van der Waals surface area (Å²) in [5.74, 6) is -1.53. The number of rotatable bonds is 4. The number of nitrogens with one attached hydrogen (secondary N) is 2. The van der Waals surface area contributed by atoms with Crippen molar-refractivity contribution in [2.24, 2.45) is 5.10 Å². The average molecular weight is 276 g/mol. The molecule has 1 saturated heterocycles. The second-order valence-electron chi connectivity index (χ2n) is 4.30. The van der Waals surface area contributed by atoms with Crippen LogP contribution in [0.5, 0.6) is 0 Å². The predicted molar refractivity (Wildman–Crippen MR) is 72.0 cm³/mol. The number of pyridine rings is 1. The van der Waals surface area contributed by atoms with Crippen LogP contribution in [0.4, 0.5) is 0 Å². The molecule has 1 aromatic rings. The van der Waals surface area contributed by atoms with Gasteiger partial charge in [0.1, 0.15) is 0 Å². The minimum Gasteiger partial charge on any atom is -0.376 e. The zero-order valence-corrected chi connectivity index (χ0v) is 10.9. The van der Waals surface area contributed by atoms with E-state index in [4.69, 9.17) is 4.74 Å². The molecule has 1 atom stereocenters. The number of carbonyl (C=O) groups excluding carboxylic acids is 2. The summed E-state index contributed by atoms with van der Waals surface area (Å²) in [6.45, 7) is 1.05. The molecule has 0 radical (unpaired) electrons. The molecule has 7 nitrogen and oxygen atoms in total. The van der Waals surface area contributed by atoms with E-state index in [0.29, 0.717) is 18.8 Å². The molecule has 1 fully saturated rings. The van der Waals surface area contributed by atoms with Gasteiger partial charge >= 0.3 is 11.8 Å². The first kappa shape index (κ1) is 14.1. The molecular weight excluding hydrogens is 260 g/mol. The number of carbonyl (C=O) groups is 2. The Morgan fingerprint density at radius 3 is 3.05 bits per heavy atom. The maximum atomic E-state index is 11.5. The third kappa shape index (κ3) is 4.43. The summed E-state index contributed by atoms with van der Waals surface area (Å²) in [5.41, 5.74) is 2.73. The SMILES string of the molecule is O=C(NC[C@@H]1CCCO1)C(=O)N/N=C\c1ccccn1. The van der Waals surface area contributed by atoms with Gasteiger partial charge < -0.3 is 10.1 Å². The molecule has 0 aromatic carbocycles. The zero-order chi connectivity index (χ0) is 14.2. The molecule has 1 aliphatic rings. The van der Waals surface area contributed by atoms with Gasteiger partial charge in [-0.05, 0) is 25.0 Å². The molecule has 1 aromatic heterocycles. The van der Waals surface area contributed by atoms with Crippen LogP contribution < -0.4 is 10.7 Å². The summed E-state index contributed by atoms with van der Waals surface area (Å²) >= 11 is 0. The van der Waals surface area contributed by atoms with E-state index in [1.807, 2.05) is 0 Å². The van der Waals surface area contributed by atoms with E-state index in [9.17, 15) is 9.59 Å². The normalized spacial score (nSPS) is 18.1. The van der Waals surface area contributed by atoms with Gasteiger partial charge in [0.25, 0.3) is 0 Å². The van der Waals surface area contributed by atoms with Gasteiger partial charge in [-0.2, -0.15) is 5.10 Å². The van der Waals surface area contributed by atoms with E-state index in [2.05, 4.69) is 20.8 Å². The molecule has 0 bridgehead atoms. The van der Waals surface area contributed by atoms with Crippen LogP contribution in [0.25, 0.3) is 0 Å². The molecule has 0 spiro atoms. The monoisotopic (exact) mass is 276 g/mol. The van der Waals surface area contributed by atoms with E-state index < -0.39 is 11.8 Å². The first-order valence-electron chi connectivity index (χ1n) is 6.39. The number of amides is 2. The van der Waals surface area contributed by atoms with Gasteiger partial charge in [-0.1, -0.05) is 6.07 Å². The lowest BCUT2D eigenvalue weighted by Crippen LogP contribution is -2.41. The van der Waals surface area contributed by atoms with Crippen molar-refractivity contribution >= 4 is 18.0 Å².